The van der Waals surface area contributed by atoms with Crippen molar-refractivity contribution in [2.75, 3.05) is 0 Å². The van der Waals surface area contributed by atoms with E-state index >= 15 is 0 Å². The Morgan fingerprint density at radius 1 is 0.781 bits per heavy atom. The van der Waals surface area contributed by atoms with Gasteiger partial charge in [0.05, 0.1) is 11.1 Å². The molecule has 0 N–H and O–H groups in total. The van der Waals surface area contributed by atoms with Crippen molar-refractivity contribution >= 4 is 11.9 Å². The quantitative estimate of drug-likeness (QED) is 0.525. The minimum Gasteiger partial charge on any atom is -0.450 e. The topological polar surface area (TPSA) is 52.6 Å². The van der Waals surface area contributed by atoms with Crippen LogP contribution in [0.1, 0.15) is 62.3 Å². The maximum absolute atomic E-state index is 13.2. The lowest BCUT2D eigenvalue weighted by Crippen LogP contribution is -2.56. The Labute approximate surface area is 190 Å². The minimum absolute atomic E-state index is 0.180. The van der Waals surface area contributed by atoms with Crippen molar-refractivity contribution in [3.63, 3.8) is 0 Å². The first kappa shape index (κ1) is 23.5. The molecule has 2 aromatic rings. The van der Waals surface area contributed by atoms with Gasteiger partial charge in [0, 0.05) is 5.41 Å². The predicted molar refractivity (Wildman–Crippen MR) is 126 cm³/mol. The molecule has 0 heterocycles. The third kappa shape index (κ3) is 4.85. The summed E-state index contributed by atoms with van der Waals surface area (Å²) in [6.07, 6.45) is 4.99. The summed E-state index contributed by atoms with van der Waals surface area (Å²) >= 11 is 0. The molecule has 4 nitrogen and oxygen atoms in total. The van der Waals surface area contributed by atoms with Gasteiger partial charge < -0.3 is 9.47 Å². The molecule has 2 unspecified atom stereocenters. The third-order valence-corrected chi connectivity index (χ3v) is 5.80. The Hall–Kier alpha value is -3.14. The van der Waals surface area contributed by atoms with E-state index in [1.54, 1.807) is 48.5 Å². The molecule has 0 spiro atoms. The smallest absolute Gasteiger partial charge is 0.339 e. The molecule has 3 rings (SSSR count). The first-order valence-corrected chi connectivity index (χ1v) is 10.9. The van der Waals surface area contributed by atoms with E-state index in [1.165, 1.54) is 0 Å². The highest BCUT2D eigenvalue weighted by Gasteiger charge is 2.53. The Kier molecular flexibility index (Phi) is 6.45. The number of hydrogen-bond acceptors (Lipinski definition) is 4. The predicted octanol–water partition coefficient (Wildman–Crippen LogP) is 6.40. The summed E-state index contributed by atoms with van der Waals surface area (Å²) in [5.74, 6) is -0.918. The van der Waals surface area contributed by atoms with Crippen molar-refractivity contribution in [3.8, 4) is 0 Å². The van der Waals surface area contributed by atoms with Crippen molar-refractivity contribution in [1.82, 2.24) is 0 Å². The van der Waals surface area contributed by atoms with Gasteiger partial charge in [-0.05, 0) is 47.4 Å². The molecule has 1 aliphatic rings. The van der Waals surface area contributed by atoms with E-state index in [9.17, 15) is 9.59 Å². The number of ether oxygens (including phenoxy) is 2. The molecule has 0 fully saturated rings. The molecule has 0 aromatic heterocycles. The maximum Gasteiger partial charge on any atom is 0.339 e. The molecule has 0 amide bonds. The van der Waals surface area contributed by atoms with Gasteiger partial charge in [0.25, 0.3) is 0 Å². The highest BCUT2D eigenvalue weighted by molar-refractivity contribution is 5.91. The number of rotatable bonds is 4. The van der Waals surface area contributed by atoms with Crippen LogP contribution in [-0.2, 0) is 9.47 Å². The van der Waals surface area contributed by atoms with Crippen LogP contribution in [0.3, 0.4) is 0 Å². The monoisotopic (exact) mass is 432 g/mol. The lowest BCUT2D eigenvalue weighted by atomic mass is 9.67. The molecule has 0 saturated heterocycles. The molecule has 2 aromatic carbocycles. The van der Waals surface area contributed by atoms with Gasteiger partial charge in [-0.2, -0.15) is 0 Å². The van der Waals surface area contributed by atoms with E-state index in [-0.39, 0.29) is 5.41 Å². The zero-order valence-corrected chi connectivity index (χ0v) is 19.7. The summed E-state index contributed by atoms with van der Waals surface area (Å²) in [7, 11) is 0. The molecule has 4 heteroatoms. The molecule has 32 heavy (non-hydrogen) atoms. The average Bonchev–Trinajstić information content (AvgIpc) is 2.74. The van der Waals surface area contributed by atoms with Crippen molar-refractivity contribution in [2.45, 2.75) is 53.2 Å². The summed E-state index contributed by atoms with van der Waals surface area (Å²) in [5, 5.41) is 0. The van der Waals surface area contributed by atoms with Crippen LogP contribution in [0.4, 0.5) is 0 Å². The Balaban J connectivity index is 2.07. The number of carbonyl (C=O) groups is 2. The zero-order valence-electron chi connectivity index (χ0n) is 19.7. The Morgan fingerprint density at radius 2 is 1.28 bits per heavy atom. The third-order valence-electron chi connectivity index (χ3n) is 5.80. The average molecular weight is 433 g/mol. The van der Waals surface area contributed by atoms with Crippen LogP contribution in [0.25, 0.3) is 0 Å². The van der Waals surface area contributed by atoms with Crippen molar-refractivity contribution in [1.29, 1.82) is 0 Å². The fourth-order valence-electron chi connectivity index (χ4n) is 3.72. The Bertz CT molecular complexity index is 1020. The Morgan fingerprint density at radius 3 is 1.75 bits per heavy atom. The number of benzene rings is 2. The molecule has 168 valence electrons. The van der Waals surface area contributed by atoms with Crippen LogP contribution in [0, 0.1) is 10.8 Å². The van der Waals surface area contributed by atoms with E-state index in [2.05, 4.69) is 20.8 Å². The van der Waals surface area contributed by atoms with Gasteiger partial charge in [-0.1, -0.05) is 84.0 Å². The van der Waals surface area contributed by atoms with E-state index in [4.69, 9.17) is 9.47 Å². The van der Waals surface area contributed by atoms with Crippen molar-refractivity contribution in [3.05, 3.63) is 95.6 Å². The fourth-order valence-corrected chi connectivity index (χ4v) is 3.72. The summed E-state index contributed by atoms with van der Waals surface area (Å²) in [5.41, 5.74) is -0.0312. The van der Waals surface area contributed by atoms with Crippen LogP contribution < -0.4 is 0 Å². The van der Waals surface area contributed by atoms with Gasteiger partial charge in [-0.15, -0.1) is 0 Å². The van der Waals surface area contributed by atoms with Gasteiger partial charge in [0.1, 0.15) is 0 Å². The molecular formula is C28H32O4. The van der Waals surface area contributed by atoms with Crippen molar-refractivity contribution < 1.29 is 19.1 Å². The van der Waals surface area contributed by atoms with Crippen LogP contribution >= 0.6 is 0 Å². The summed E-state index contributed by atoms with van der Waals surface area (Å²) in [4.78, 5) is 26.2. The van der Waals surface area contributed by atoms with Crippen LogP contribution in [-0.4, -0.2) is 23.6 Å². The van der Waals surface area contributed by atoms with Gasteiger partial charge in [0.2, 0.25) is 0 Å². The van der Waals surface area contributed by atoms with Crippen LogP contribution in [0.15, 0.2) is 84.5 Å². The SMILES string of the molecule is CC(C)(C)C1=CC(OC(=O)c2ccccc2)(C(C)(C)C)C(OC(=O)c2ccccc2)C=C1. The summed E-state index contributed by atoms with van der Waals surface area (Å²) < 4.78 is 12.2. The number of allylic oxidation sites excluding steroid dienone is 2. The summed E-state index contributed by atoms with van der Waals surface area (Å²) in [6, 6.07) is 17.7. The van der Waals surface area contributed by atoms with Crippen LogP contribution in [0.5, 0.6) is 0 Å². The zero-order chi connectivity index (χ0) is 23.6. The molecule has 0 saturated carbocycles. The van der Waals surface area contributed by atoms with Gasteiger partial charge in [-0.3, -0.25) is 0 Å². The first-order valence-electron chi connectivity index (χ1n) is 10.9. The molecule has 1 aliphatic carbocycles. The second-order valence-electron chi connectivity index (χ2n) is 10.2. The van der Waals surface area contributed by atoms with Crippen LogP contribution in [0.2, 0.25) is 0 Å². The van der Waals surface area contributed by atoms with E-state index in [1.807, 2.05) is 51.1 Å². The standard InChI is InChI=1S/C28H32O4/c1-26(2,3)22-17-18-23(31-24(29)20-13-9-7-10-14-20)28(19-22,27(4,5)6)32-25(30)21-15-11-8-12-16-21/h7-19,23H,1-6H3. The molecule has 0 aliphatic heterocycles. The second-order valence-corrected chi connectivity index (χ2v) is 10.2. The molecular weight excluding hydrogens is 400 g/mol. The maximum atomic E-state index is 13.2. The number of carbonyl (C=O) groups excluding carboxylic acids is 2. The van der Waals surface area contributed by atoms with E-state index in [0.717, 1.165) is 5.57 Å². The largest absolute Gasteiger partial charge is 0.450 e. The molecule has 0 radical (unpaired) electrons. The second kappa shape index (κ2) is 8.78. The highest BCUT2D eigenvalue weighted by Crippen LogP contribution is 2.46. The number of esters is 2. The normalized spacial score (nSPS) is 20.9. The number of hydrogen-bond donors (Lipinski definition) is 0. The van der Waals surface area contributed by atoms with Crippen molar-refractivity contribution in [2.24, 2.45) is 10.8 Å². The lowest BCUT2D eigenvalue weighted by Gasteiger charge is -2.48. The van der Waals surface area contributed by atoms with Gasteiger partial charge in [-0.25, -0.2) is 9.59 Å². The van der Waals surface area contributed by atoms with E-state index < -0.39 is 29.1 Å². The highest BCUT2D eigenvalue weighted by atomic mass is 16.6. The molecule has 2 atom stereocenters. The minimum atomic E-state index is -1.19. The lowest BCUT2D eigenvalue weighted by molar-refractivity contribution is -0.108. The molecule has 0 bridgehead atoms. The van der Waals surface area contributed by atoms with Gasteiger partial charge in [0.15, 0.2) is 11.7 Å². The summed E-state index contributed by atoms with van der Waals surface area (Å²) in [6.45, 7) is 12.3. The fraction of sp³-hybridized carbons (Fsp3) is 0.357. The van der Waals surface area contributed by atoms with Gasteiger partial charge >= 0.3 is 11.9 Å². The first-order chi connectivity index (χ1) is 14.9. The van der Waals surface area contributed by atoms with E-state index in [0.29, 0.717) is 11.1 Å².